The number of benzene rings is 2. The highest BCUT2D eigenvalue weighted by Crippen LogP contribution is 2.25. The van der Waals surface area contributed by atoms with Crippen molar-refractivity contribution in [2.75, 3.05) is 0 Å². The first kappa shape index (κ1) is 16.7. The van der Waals surface area contributed by atoms with Gasteiger partial charge in [0.1, 0.15) is 0 Å². The molecule has 2 N–H and O–H groups in total. The molecular weight excluding hydrogens is 366 g/mol. The molecular formula is C17H15BrClNO2. The minimum Gasteiger partial charge on any atom is -0.369 e. The zero-order valence-electron chi connectivity index (χ0n) is 11.8. The number of hydrogen-bond donors (Lipinski definition) is 1. The van der Waals surface area contributed by atoms with E-state index in [4.69, 9.17) is 17.3 Å². The van der Waals surface area contributed by atoms with Gasteiger partial charge in [0.15, 0.2) is 5.78 Å². The lowest BCUT2D eigenvalue weighted by atomic mass is 9.91. The standard InChI is InChI=1S/C17H15BrClNO2/c18-12-7-5-11(6-8-12)13(17(20)22)9-10-16(21)14-3-1-2-4-15(14)19/h1-8,13H,9-10H2,(H2,20,22). The molecule has 2 aromatic carbocycles. The van der Waals surface area contributed by atoms with Gasteiger partial charge in [-0.2, -0.15) is 0 Å². The molecule has 1 atom stereocenters. The molecule has 22 heavy (non-hydrogen) atoms. The average Bonchev–Trinajstić information content (AvgIpc) is 2.49. The van der Waals surface area contributed by atoms with Gasteiger partial charge in [-0.05, 0) is 36.2 Å². The molecule has 5 heteroatoms. The van der Waals surface area contributed by atoms with E-state index in [9.17, 15) is 9.59 Å². The molecule has 2 aromatic rings. The fourth-order valence-corrected chi connectivity index (χ4v) is 2.77. The molecule has 0 aromatic heterocycles. The molecule has 0 saturated carbocycles. The molecule has 0 heterocycles. The lowest BCUT2D eigenvalue weighted by Gasteiger charge is -2.13. The van der Waals surface area contributed by atoms with Crippen LogP contribution in [0.3, 0.4) is 0 Å². The topological polar surface area (TPSA) is 60.2 Å². The summed E-state index contributed by atoms with van der Waals surface area (Å²) in [5.74, 6) is -1.01. The van der Waals surface area contributed by atoms with Gasteiger partial charge in [0.05, 0.1) is 10.9 Å². The smallest absolute Gasteiger partial charge is 0.224 e. The molecule has 1 amide bonds. The Kier molecular flexibility index (Phi) is 5.75. The maximum atomic E-state index is 12.2. The van der Waals surface area contributed by atoms with Crippen LogP contribution in [0.25, 0.3) is 0 Å². The molecule has 0 aliphatic rings. The number of halogens is 2. The van der Waals surface area contributed by atoms with Crippen LogP contribution in [0.1, 0.15) is 34.7 Å². The maximum Gasteiger partial charge on any atom is 0.224 e. The van der Waals surface area contributed by atoms with Crippen LogP contribution >= 0.6 is 27.5 Å². The van der Waals surface area contributed by atoms with Crippen LogP contribution < -0.4 is 5.73 Å². The van der Waals surface area contributed by atoms with Crippen molar-refractivity contribution in [3.8, 4) is 0 Å². The number of Topliss-reactive ketones (excluding diaryl/α,β-unsaturated/α-hetero) is 1. The van der Waals surface area contributed by atoms with E-state index in [0.717, 1.165) is 10.0 Å². The number of carbonyl (C=O) groups is 2. The highest BCUT2D eigenvalue weighted by molar-refractivity contribution is 9.10. The maximum absolute atomic E-state index is 12.2. The summed E-state index contributed by atoms with van der Waals surface area (Å²) in [4.78, 5) is 23.9. The highest BCUT2D eigenvalue weighted by atomic mass is 79.9. The van der Waals surface area contributed by atoms with Gasteiger partial charge >= 0.3 is 0 Å². The second kappa shape index (κ2) is 7.56. The summed E-state index contributed by atoms with van der Waals surface area (Å²) < 4.78 is 0.923. The van der Waals surface area contributed by atoms with Gasteiger partial charge in [0, 0.05) is 16.5 Å². The monoisotopic (exact) mass is 379 g/mol. The van der Waals surface area contributed by atoms with Crippen LogP contribution in [0, 0.1) is 0 Å². The summed E-state index contributed by atoms with van der Waals surface area (Å²) >= 11 is 9.36. The Morgan fingerprint density at radius 1 is 1.09 bits per heavy atom. The van der Waals surface area contributed by atoms with Gasteiger partial charge in [0.25, 0.3) is 0 Å². The van der Waals surface area contributed by atoms with Crippen molar-refractivity contribution in [3.63, 3.8) is 0 Å². The van der Waals surface area contributed by atoms with Crippen LogP contribution in [0.5, 0.6) is 0 Å². The van der Waals surface area contributed by atoms with Crippen molar-refractivity contribution < 1.29 is 9.59 Å². The summed E-state index contributed by atoms with van der Waals surface area (Å²) in [6.45, 7) is 0. The van der Waals surface area contributed by atoms with Crippen LogP contribution in [-0.4, -0.2) is 11.7 Å². The first-order chi connectivity index (χ1) is 10.5. The predicted octanol–water partition coefficient (Wildman–Crippen LogP) is 4.33. The zero-order chi connectivity index (χ0) is 16.1. The van der Waals surface area contributed by atoms with E-state index in [1.165, 1.54) is 0 Å². The third kappa shape index (κ3) is 4.18. The van der Waals surface area contributed by atoms with Gasteiger partial charge in [-0.3, -0.25) is 9.59 Å². The van der Waals surface area contributed by atoms with E-state index in [2.05, 4.69) is 15.9 Å². The molecule has 0 spiro atoms. The number of amides is 1. The number of hydrogen-bond acceptors (Lipinski definition) is 2. The van der Waals surface area contributed by atoms with Crippen molar-refractivity contribution in [3.05, 3.63) is 69.2 Å². The van der Waals surface area contributed by atoms with Crippen LogP contribution in [-0.2, 0) is 4.79 Å². The Labute approximate surface area is 142 Å². The highest BCUT2D eigenvalue weighted by Gasteiger charge is 2.20. The zero-order valence-corrected chi connectivity index (χ0v) is 14.1. The molecule has 114 valence electrons. The summed E-state index contributed by atoms with van der Waals surface area (Å²) in [6.07, 6.45) is 0.578. The third-order valence-electron chi connectivity index (χ3n) is 3.45. The fraction of sp³-hybridized carbons (Fsp3) is 0.176. The second-order valence-electron chi connectivity index (χ2n) is 4.95. The van der Waals surface area contributed by atoms with Crippen molar-refractivity contribution in [2.45, 2.75) is 18.8 Å². The van der Waals surface area contributed by atoms with Gasteiger partial charge in [-0.25, -0.2) is 0 Å². The summed E-state index contributed by atoms with van der Waals surface area (Å²) in [5, 5.41) is 0.423. The molecule has 0 fully saturated rings. The Bertz CT molecular complexity index is 685. The van der Waals surface area contributed by atoms with Gasteiger partial charge in [-0.1, -0.05) is 51.8 Å². The van der Waals surface area contributed by atoms with Gasteiger partial charge in [0.2, 0.25) is 5.91 Å². The summed E-state index contributed by atoms with van der Waals surface area (Å²) in [7, 11) is 0. The van der Waals surface area contributed by atoms with Crippen LogP contribution in [0.4, 0.5) is 0 Å². The van der Waals surface area contributed by atoms with Crippen molar-refractivity contribution in [2.24, 2.45) is 5.73 Å². The lowest BCUT2D eigenvalue weighted by molar-refractivity contribution is -0.119. The quantitative estimate of drug-likeness (QED) is 0.758. The van der Waals surface area contributed by atoms with Crippen molar-refractivity contribution >= 4 is 39.2 Å². The molecule has 0 saturated heterocycles. The normalized spacial score (nSPS) is 11.9. The number of rotatable bonds is 6. The molecule has 0 bridgehead atoms. The predicted molar refractivity (Wildman–Crippen MR) is 91.1 cm³/mol. The molecule has 0 radical (unpaired) electrons. The van der Waals surface area contributed by atoms with E-state index in [-0.39, 0.29) is 12.2 Å². The minimum absolute atomic E-state index is 0.0889. The Balaban J connectivity index is 2.10. The first-order valence-electron chi connectivity index (χ1n) is 6.81. The lowest BCUT2D eigenvalue weighted by Crippen LogP contribution is -2.22. The summed E-state index contributed by atoms with van der Waals surface area (Å²) in [5.41, 5.74) is 6.76. The van der Waals surface area contributed by atoms with Crippen LogP contribution in [0.15, 0.2) is 53.0 Å². The number of nitrogens with two attached hydrogens (primary N) is 1. The van der Waals surface area contributed by atoms with E-state index in [1.54, 1.807) is 24.3 Å². The van der Waals surface area contributed by atoms with Crippen molar-refractivity contribution in [1.29, 1.82) is 0 Å². The van der Waals surface area contributed by atoms with Gasteiger partial charge < -0.3 is 5.73 Å². The average molecular weight is 381 g/mol. The van der Waals surface area contributed by atoms with Gasteiger partial charge in [-0.15, -0.1) is 0 Å². The third-order valence-corrected chi connectivity index (χ3v) is 4.31. The SMILES string of the molecule is NC(=O)C(CCC(=O)c1ccccc1Cl)c1ccc(Br)cc1. The van der Waals surface area contributed by atoms with E-state index in [0.29, 0.717) is 17.0 Å². The first-order valence-corrected chi connectivity index (χ1v) is 7.98. The minimum atomic E-state index is -0.487. The molecule has 2 rings (SSSR count). The molecule has 0 aliphatic carbocycles. The summed E-state index contributed by atoms with van der Waals surface area (Å²) in [6, 6.07) is 14.3. The number of ketones is 1. The Morgan fingerprint density at radius 3 is 2.32 bits per heavy atom. The largest absolute Gasteiger partial charge is 0.369 e. The van der Waals surface area contributed by atoms with Crippen molar-refractivity contribution in [1.82, 2.24) is 0 Å². The van der Waals surface area contributed by atoms with Crippen LogP contribution in [0.2, 0.25) is 5.02 Å². The van der Waals surface area contributed by atoms with E-state index in [1.807, 2.05) is 24.3 Å². The molecule has 3 nitrogen and oxygen atoms in total. The fourth-order valence-electron chi connectivity index (χ4n) is 2.27. The number of carbonyl (C=O) groups excluding carboxylic acids is 2. The number of primary amides is 1. The van der Waals surface area contributed by atoms with E-state index >= 15 is 0 Å². The molecule has 0 aliphatic heterocycles. The van der Waals surface area contributed by atoms with E-state index < -0.39 is 11.8 Å². The Morgan fingerprint density at radius 2 is 1.73 bits per heavy atom. The molecule has 1 unspecified atom stereocenters. The second-order valence-corrected chi connectivity index (χ2v) is 6.27. The Hall–Kier alpha value is -1.65.